The van der Waals surface area contributed by atoms with Gasteiger partial charge in [-0.1, -0.05) is 12.1 Å². The van der Waals surface area contributed by atoms with Crippen molar-refractivity contribution in [2.75, 3.05) is 0 Å². The second kappa shape index (κ2) is 4.72. The summed E-state index contributed by atoms with van der Waals surface area (Å²) in [4.78, 5) is 22.5. The maximum atomic E-state index is 13.5. The summed E-state index contributed by atoms with van der Waals surface area (Å²) in [7, 11) is 0. The van der Waals surface area contributed by atoms with Crippen LogP contribution in [0.25, 0.3) is 11.0 Å². The summed E-state index contributed by atoms with van der Waals surface area (Å²) in [5.74, 6) is -2.48. The van der Waals surface area contributed by atoms with Crippen LogP contribution in [0.3, 0.4) is 0 Å². The number of furan rings is 1. The van der Waals surface area contributed by atoms with Crippen molar-refractivity contribution in [1.29, 1.82) is 0 Å². The van der Waals surface area contributed by atoms with E-state index in [9.17, 15) is 14.0 Å². The van der Waals surface area contributed by atoms with Crippen LogP contribution in [-0.4, -0.2) is 23.0 Å². The molecule has 0 aliphatic carbocycles. The summed E-state index contributed by atoms with van der Waals surface area (Å²) in [6.07, 6.45) is 0. The molecule has 0 saturated heterocycles. The number of hydrogen-bond donors (Lipinski definition) is 2. The van der Waals surface area contributed by atoms with E-state index in [1.54, 1.807) is 13.0 Å². The van der Waals surface area contributed by atoms with Crippen LogP contribution in [0.1, 0.15) is 23.0 Å². The maximum absolute atomic E-state index is 13.5. The van der Waals surface area contributed by atoms with Gasteiger partial charge in [-0.15, -0.1) is 0 Å². The molecule has 0 unspecified atom stereocenters. The Labute approximate surface area is 108 Å². The number of nitrogens with one attached hydrogen (secondary N) is 1. The lowest BCUT2D eigenvalue weighted by Gasteiger charge is -2.07. The Morgan fingerprint density at radius 1 is 1.42 bits per heavy atom. The van der Waals surface area contributed by atoms with Gasteiger partial charge in [-0.3, -0.25) is 9.59 Å². The highest BCUT2D eigenvalue weighted by atomic mass is 19.1. The molecule has 0 fully saturated rings. The second-order valence-corrected chi connectivity index (χ2v) is 4.21. The molecule has 2 aromatic rings. The maximum Gasteiger partial charge on any atom is 0.325 e. The minimum absolute atomic E-state index is 0.00636. The Morgan fingerprint density at radius 2 is 2.11 bits per heavy atom. The molecule has 0 radical (unpaired) electrons. The average Bonchev–Trinajstić information content (AvgIpc) is 2.68. The van der Waals surface area contributed by atoms with Crippen molar-refractivity contribution >= 4 is 22.8 Å². The number of carboxylic acid groups (broad SMARTS) is 1. The van der Waals surface area contributed by atoms with Crippen LogP contribution >= 0.6 is 0 Å². The standard InChI is InChI=1S/C13H12FNO4/c1-6-8-4-3-5-9(14)11(8)19-10(6)12(16)15-7(2)13(17)18/h3-5,7H,1-2H3,(H,15,16)(H,17,18)/t7-/m0/s1. The van der Waals surface area contributed by atoms with Gasteiger partial charge in [0.25, 0.3) is 5.91 Å². The SMILES string of the molecule is Cc1c(C(=O)N[C@@H](C)C(=O)O)oc2c(F)cccc12. The fourth-order valence-electron chi connectivity index (χ4n) is 1.75. The number of carboxylic acids is 1. The van der Waals surface area contributed by atoms with E-state index >= 15 is 0 Å². The van der Waals surface area contributed by atoms with Crippen LogP contribution in [0.4, 0.5) is 4.39 Å². The second-order valence-electron chi connectivity index (χ2n) is 4.21. The summed E-state index contributed by atoms with van der Waals surface area (Å²) in [6, 6.07) is 3.33. The number of rotatable bonds is 3. The highest BCUT2D eigenvalue weighted by Gasteiger charge is 2.22. The smallest absolute Gasteiger partial charge is 0.325 e. The fourth-order valence-corrected chi connectivity index (χ4v) is 1.75. The number of hydrogen-bond acceptors (Lipinski definition) is 3. The Hall–Kier alpha value is -2.37. The first-order valence-electron chi connectivity index (χ1n) is 5.63. The van der Waals surface area contributed by atoms with Gasteiger partial charge in [-0.2, -0.15) is 0 Å². The van der Waals surface area contributed by atoms with Gasteiger partial charge in [-0.05, 0) is 19.9 Å². The van der Waals surface area contributed by atoms with E-state index in [2.05, 4.69) is 5.32 Å². The lowest BCUT2D eigenvalue weighted by molar-refractivity contribution is -0.138. The number of benzene rings is 1. The summed E-state index contributed by atoms with van der Waals surface area (Å²) < 4.78 is 18.7. The molecule has 0 aliphatic heterocycles. The van der Waals surface area contributed by atoms with Crippen LogP contribution < -0.4 is 5.32 Å². The highest BCUT2D eigenvalue weighted by Crippen LogP contribution is 2.27. The molecule has 0 saturated carbocycles. The van der Waals surface area contributed by atoms with Crippen LogP contribution in [-0.2, 0) is 4.79 Å². The van der Waals surface area contributed by atoms with Crippen molar-refractivity contribution in [3.8, 4) is 0 Å². The van der Waals surface area contributed by atoms with Crippen LogP contribution in [0.5, 0.6) is 0 Å². The Morgan fingerprint density at radius 3 is 2.68 bits per heavy atom. The van der Waals surface area contributed by atoms with Gasteiger partial charge in [0.1, 0.15) is 6.04 Å². The first-order chi connectivity index (χ1) is 8.91. The highest BCUT2D eigenvalue weighted by molar-refractivity contribution is 6.00. The zero-order valence-electron chi connectivity index (χ0n) is 10.4. The van der Waals surface area contributed by atoms with E-state index < -0.39 is 23.7 Å². The van der Waals surface area contributed by atoms with Crippen molar-refractivity contribution in [2.24, 2.45) is 0 Å². The topological polar surface area (TPSA) is 79.5 Å². The van der Waals surface area contributed by atoms with Crippen LogP contribution in [0, 0.1) is 12.7 Å². The van der Waals surface area contributed by atoms with Crippen LogP contribution in [0.2, 0.25) is 0 Å². The molecule has 1 aromatic carbocycles. The fraction of sp³-hybridized carbons (Fsp3) is 0.231. The molecule has 2 N–H and O–H groups in total. The number of carbonyl (C=O) groups is 2. The summed E-state index contributed by atoms with van der Waals surface area (Å²) in [5.41, 5.74) is 0.470. The number of fused-ring (bicyclic) bond motifs is 1. The van der Waals surface area contributed by atoms with Gasteiger partial charge in [-0.25, -0.2) is 4.39 Å². The molecule has 5 nitrogen and oxygen atoms in total. The van der Waals surface area contributed by atoms with Crippen molar-refractivity contribution < 1.29 is 23.5 Å². The zero-order valence-corrected chi connectivity index (χ0v) is 10.4. The van der Waals surface area contributed by atoms with Gasteiger partial charge >= 0.3 is 5.97 Å². The first kappa shape index (κ1) is 13.1. The number of halogens is 1. The predicted molar refractivity (Wildman–Crippen MR) is 65.5 cm³/mol. The number of amides is 1. The Bertz CT molecular complexity index is 662. The summed E-state index contributed by atoms with van der Waals surface area (Å²) in [6.45, 7) is 2.95. The lowest BCUT2D eigenvalue weighted by atomic mass is 10.1. The van der Waals surface area contributed by atoms with Gasteiger partial charge in [0, 0.05) is 10.9 Å². The van der Waals surface area contributed by atoms with E-state index in [1.165, 1.54) is 19.1 Å². The van der Waals surface area contributed by atoms with Crippen molar-refractivity contribution in [2.45, 2.75) is 19.9 Å². The summed E-state index contributed by atoms with van der Waals surface area (Å²) in [5, 5.41) is 11.5. The lowest BCUT2D eigenvalue weighted by Crippen LogP contribution is -2.38. The normalized spacial score (nSPS) is 12.4. The molecule has 0 spiro atoms. The zero-order chi connectivity index (χ0) is 14.2. The quantitative estimate of drug-likeness (QED) is 0.890. The molecule has 1 heterocycles. The third kappa shape index (κ3) is 2.29. The third-order valence-corrected chi connectivity index (χ3v) is 2.84. The monoisotopic (exact) mass is 265 g/mol. The molecule has 0 aliphatic rings. The van der Waals surface area contributed by atoms with E-state index in [-0.39, 0.29) is 11.3 Å². The molecule has 1 aromatic heterocycles. The van der Waals surface area contributed by atoms with Gasteiger partial charge < -0.3 is 14.8 Å². The van der Waals surface area contributed by atoms with Gasteiger partial charge in [0.2, 0.25) is 0 Å². The Balaban J connectivity index is 2.41. The minimum atomic E-state index is -1.16. The van der Waals surface area contributed by atoms with E-state index in [0.29, 0.717) is 10.9 Å². The van der Waals surface area contributed by atoms with Gasteiger partial charge in [0.05, 0.1) is 0 Å². The predicted octanol–water partition coefficient (Wildman–Crippen LogP) is 2.08. The molecular weight excluding hydrogens is 253 g/mol. The van der Waals surface area contributed by atoms with E-state index in [1.807, 2.05) is 0 Å². The average molecular weight is 265 g/mol. The minimum Gasteiger partial charge on any atom is -0.480 e. The molecule has 19 heavy (non-hydrogen) atoms. The number of aliphatic carboxylic acids is 1. The molecule has 2 rings (SSSR count). The molecule has 0 bridgehead atoms. The number of carbonyl (C=O) groups excluding carboxylic acids is 1. The van der Waals surface area contributed by atoms with E-state index in [0.717, 1.165) is 0 Å². The molecule has 1 amide bonds. The largest absolute Gasteiger partial charge is 0.480 e. The van der Waals surface area contributed by atoms with E-state index in [4.69, 9.17) is 9.52 Å². The molecule has 100 valence electrons. The number of aryl methyl sites for hydroxylation is 1. The van der Waals surface area contributed by atoms with Crippen LogP contribution in [0.15, 0.2) is 22.6 Å². The molecule has 1 atom stereocenters. The van der Waals surface area contributed by atoms with Crippen molar-refractivity contribution in [3.63, 3.8) is 0 Å². The number of para-hydroxylation sites is 1. The molecule has 6 heteroatoms. The summed E-state index contributed by atoms with van der Waals surface area (Å²) >= 11 is 0. The molecular formula is C13H12FNO4. The van der Waals surface area contributed by atoms with Crippen molar-refractivity contribution in [3.05, 3.63) is 35.3 Å². The Kier molecular flexibility index (Phi) is 3.25. The van der Waals surface area contributed by atoms with Gasteiger partial charge in [0.15, 0.2) is 17.2 Å². The first-order valence-corrected chi connectivity index (χ1v) is 5.63. The van der Waals surface area contributed by atoms with Crippen molar-refractivity contribution in [1.82, 2.24) is 5.32 Å². The third-order valence-electron chi connectivity index (χ3n) is 2.84.